The molecule has 0 radical (unpaired) electrons. The number of aromatic nitrogens is 4. The van der Waals surface area contributed by atoms with Gasteiger partial charge < -0.3 is 10.5 Å². The Morgan fingerprint density at radius 1 is 1.35 bits per heavy atom. The van der Waals surface area contributed by atoms with E-state index in [2.05, 4.69) is 26.0 Å². The molecule has 6 nitrogen and oxygen atoms in total. The van der Waals surface area contributed by atoms with E-state index in [-0.39, 0.29) is 0 Å². The zero-order valence-corrected chi connectivity index (χ0v) is 12.8. The quantitative estimate of drug-likeness (QED) is 0.794. The maximum Gasteiger partial charge on any atom is 0.233 e. The molecule has 2 aromatic heterocycles. The minimum atomic E-state index is 0.369. The lowest BCUT2D eigenvalue weighted by atomic mass is 10.2. The molecule has 2 heterocycles. The number of aryl methyl sites for hydroxylation is 1. The van der Waals surface area contributed by atoms with E-state index in [1.807, 2.05) is 35.9 Å². The third-order valence-corrected chi connectivity index (χ3v) is 4.00. The van der Waals surface area contributed by atoms with Crippen LogP contribution in [0, 0.1) is 0 Å². The molecule has 3 aromatic rings. The number of nitrogens with two attached hydrogens (primary N) is 1. The van der Waals surface area contributed by atoms with Crippen LogP contribution in [0.5, 0.6) is 5.75 Å². The van der Waals surface area contributed by atoms with Crippen LogP contribution in [0.3, 0.4) is 0 Å². The van der Waals surface area contributed by atoms with Crippen LogP contribution in [0.15, 0.2) is 28.9 Å². The summed E-state index contributed by atoms with van der Waals surface area (Å²) in [5.41, 5.74) is 7.36. The number of halogens is 1. The maximum absolute atomic E-state index is 5.66. The van der Waals surface area contributed by atoms with Crippen LogP contribution in [0.1, 0.15) is 5.69 Å². The Hall–Kier alpha value is -1.86. The minimum Gasteiger partial charge on any atom is -0.496 e. The molecule has 0 spiro atoms. The van der Waals surface area contributed by atoms with E-state index in [4.69, 9.17) is 10.5 Å². The molecule has 0 amide bonds. The van der Waals surface area contributed by atoms with Gasteiger partial charge in [-0.3, -0.25) is 4.57 Å². The Kier molecular flexibility index (Phi) is 3.23. The van der Waals surface area contributed by atoms with Crippen molar-refractivity contribution in [2.24, 2.45) is 12.8 Å². The molecule has 104 valence electrons. The van der Waals surface area contributed by atoms with Crippen LogP contribution in [-0.4, -0.2) is 26.3 Å². The number of nitrogens with zero attached hydrogens (tertiary/aromatic N) is 4. The van der Waals surface area contributed by atoms with E-state index in [1.165, 1.54) is 0 Å². The van der Waals surface area contributed by atoms with E-state index in [0.29, 0.717) is 6.54 Å². The third-order valence-electron chi connectivity index (χ3n) is 3.20. The minimum absolute atomic E-state index is 0.369. The lowest BCUT2D eigenvalue weighted by Gasteiger charge is -2.06. The average molecular weight is 336 g/mol. The second-order valence-electron chi connectivity index (χ2n) is 4.35. The number of hydrogen-bond acceptors (Lipinski definition) is 4. The molecule has 0 atom stereocenters. The van der Waals surface area contributed by atoms with Crippen molar-refractivity contribution in [2.45, 2.75) is 6.54 Å². The third kappa shape index (κ3) is 1.82. The molecule has 1 aromatic carbocycles. The van der Waals surface area contributed by atoms with Gasteiger partial charge in [0.25, 0.3) is 0 Å². The molecule has 0 saturated heterocycles. The normalized spacial score (nSPS) is 11.2. The van der Waals surface area contributed by atoms with E-state index < -0.39 is 0 Å². The SMILES string of the molecule is COc1ccccc1-c1nn2c(Br)c(CN)nc2n1C. The van der Waals surface area contributed by atoms with Gasteiger partial charge in [-0.15, -0.1) is 5.10 Å². The van der Waals surface area contributed by atoms with Crippen LogP contribution in [0.4, 0.5) is 0 Å². The molecule has 20 heavy (non-hydrogen) atoms. The highest BCUT2D eigenvalue weighted by atomic mass is 79.9. The summed E-state index contributed by atoms with van der Waals surface area (Å²) in [4.78, 5) is 4.48. The van der Waals surface area contributed by atoms with Crippen molar-refractivity contribution in [1.29, 1.82) is 0 Å². The van der Waals surface area contributed by atoms with Crippen molar-refractivity contribution in [3.05, 3.63) is 34.6 Å². The zero-order chi connectivity index (χ0) is 14.3. The molecule has 7 heteroatoms. The summed E-state index contributed by atoms with van der Waals surface area (Å²) in [5, 5.41) is 4.59. The summed E-state index contributed by atoms with van der Waals surface area (Å²) in [7, 11) is 3.57. The van der Waals surface area contributed by atoms with E-state index >= 15 is 0 Å². The predicted octanol–water partition coefficient (Wildman–Crippen LogP) is 1.96. The zero-order valence-electron chi connectivity index (χ0n) is 11.2. The van der Waals surface area contributed by atoms with Gasteiger partial charge in [-0.25, -0.2) is 4.98 Å². The van der Waals surface area contributed by atoms with Gasteiger partial charge in [-0.1, -0.05) is 12.1 Å². The summed E-state index contributed by atoms with van der Waals surface area (Å²) in [6.07, 6.45) is 0. The Morgan fingerprint density at radius 2 is 2.10 bits per heavy atom. The highest BCUT2D eigenvalue weighted by molar-refractivity contribution is 9.10. The predicted molar refractivity (Wildman–Crippen MR) is 79.5 cm³/mol. The van der Waals surface area contributed by atoms with Crippen molar-refractivity contribution in [2.75, 3.05) is 7.11 Å². The lowest BCUT2D eigenvalue weighted by molar-refractivity contribution is 0.416. The molecule has 3 rings (SSSR count). The van der Waals surface area contributed by atoms with Crippen LogP contribution in [-0.2, 0) is 13.6 Å². The second kappa shape index (κ2) is 4.92. The molecule has 0 fully saturated rings. The first-order valence-electron chi connectivity index (χ1n) is 6.10. The van der Waals surface area contributed by atoms with Crippen molar-refractivity contribution < 1.29 is 4.74 Å². The van der Waals surface area contributed by atoms with Crippen LogP contribution < -0.4 is 10.5 Å². The molecule has 2 N–H and O–H groups in total. The molecular weight excluding hydrogens is 322 g/mol. The Morgan fingerprint density at radius 3 is 2.75 bits per heavy atom. The van der Waals surface area contributed by atoms with E-state index in [1.54, 1.807) is 11.6 Å². The Bertz CT molecular complexity index is 777. The largest absolute Gasteiger partial charge is 0.496 e. The highest BCUT2D eigenvalue weighted by Gasteiger charge is 2.18. The van der Waals surface area contributed by atoms with Gasteiger partial charge >= 0.3 is 0 Å². The summed E-state index contributed by atoms with van der Waals surface area (Å²) in [5.74, 6) is 2.30. The van der Waals surface area contributed by atoms with Crippen molar-refractivity contribution in [3.8, 4) is 17.1 Å². The van der Waals surface area contributed by atoms with Crippen LogP contribution >= 0.6 is 15.9 Å². The molecule has 0 aliphatic rings. The highest BCUT2D eigenvalue weighted by Crippen LogP contribution is 2.30. The number of benzene rings is 1. The number of imidazole rings is 1. The number of hydrogen-bond donors (Lipinski definition) is 1. The number of ether oxygens (including phenoxy) is 1. The van der Waals surface area contributed by atoms with Gasteiger partial charge in [0.15, 0.2) is 5.82 Å². The fourth-order valence-corrected chi connectivity index (χ4v) is 2.67. The monoisotopic (exact) mass is 335 g/mol. The van der Waals surface area contributed by atoms with Gasteiger partial charge in [0.1, 0.15) is 10.4 Å². The van der Waals surface area contributed by atoms with Crippen molar-refractivity contribution in [3.63, 3.8) is 0 Å². The molecule has 0 bridgehead atoms. The number of para-hydroxylation sites is 1. The van der Waals surface area contributed by atoms with Crippen molar-refractivity contribution >= 4 is 21.7 Å². The molecule has 0 aliphatic heterocycles. The van der Waals surface area contributed by atoms with Crippen LogP contribution in [0.25, 0.3) is 17.2 Å². The Labute approximate surface area is 124 Å². The fraction of sp³-hybridized carbons (Fsp3) is 0.231. The molecular formula is C13H14BrN5O. The lowest BCUT2D eigenvalue weighted by Crippen LogP contribution is -2.00. The molecule has 0 saturated carbocycles. The summed E-state index contributed by atoms with van der Waals surface area (Å²) in [6, 6.07) is 7.76. The Balaban J connectivity index is 2.25. The molecule has 0 aliphatic carbocycles. The first-order valence-corrected chi connectivity index (χ1v) is 6.90. The number of fused-ring (bicyclic) bond motifs is 1. The smallest absolute Gasteiger partial charge is 0.233 e. The summed E-state index contributed by atoms with van der Waals surface area (Å²) < 4.78 is 9.83. The maximum atomic E-state index is 5.66. The van der Waals surface area contributed by atoms with Gasteiger partial charge in [0, 0.05) is 13.6 Å². The number of methoxy groups -OCH3 is 1. The van der Waals surface area contributed by atoms with Crippen LogP contribution in [0.2, 0.25) is 0 Å². The molecule has 0 unspecified atom stereocenters. The standard InChI is InChI=1S/C13H14BrN5O/c1-18-12(8-5-3-4-6-10(8)20-2)17-19-11(14)9(7-15)16-13(18)19/h3-6H,7,15H2,1-2H3. The van der Waals surface area contributed by atoms with Crippen molar-refractivity contribution in [1.82, 2.24) is 19.2 Å². The number of rotatable bonds is 3. The first-order chi connectivity index (χ1) is 9.67. The van der Waals surface area contributed by atoms with E-state index in [9.17, 15) is 0 Å². The van der Waals surface area contributed by atoms with E-state index in [0.717, 1.165) is 33.2 Å². The van der Waals surface area contributed by atoms with Gasteiger partial charge in [-0.2, -0.15) is 4.52 Å². The second-order valence-corrected chi connectivity index (χ2v) is 5.10. The summed E-state index contributed by atoms with van der Waals surface area (Å²) >= 11 is 3.48. The fourth-order valence-electron chi connectivity index (χ4n) is 2.18. The summed E-state index contributed by atoms with van der Waals surface area (Å²) in [6.45, 7) is 0.369. The van der Waals surface area contributed by atoms with Gasteiger partial charge in [0.05, 0.1) is 18.4 Å². The first kappa shape index (κ1) is 13.1. The van der Waals surface area contributed by atoms with Gasteiger partial charge in [-0.05, 0) is 28.1 Å². The average Bonchev–Trinajstić information content (AvgIpc) is 2.97. The van der Waals surface area contributed by atoms with Gasteiger partial charge in [0.2, 0.25) is 5.78 Å². The topological polar surface area (TPSA) is 70.4 Å².